The minimum absolute atomic E-state index is 0. The van der Waals surface area contributed by atoms with Crippen LogP contribution in [0.15, 0.2) is 78.0 Å². The number of aryl methyl sites for hydroxylation is 1. The van der Waals surface area contributed by atoms with E-state index in [1.807, 2.05) is 31.2 Å². The number of nitrogens with one attached hydrogen (secondary N) is 1. The Kier molecular flexibility index (Phi) is 7.87. The minimum atomic E-state index is -3.63. The van der Waals surface area contributed by atoms with Crippen molar-refractivity contribution in [2.45, 2.75) is 11.8 Å². The third-order valence-electron chi connectivity index (χ3n) is 4.18. The molecule has 0 unspecified atom stereocenters. The Balaban J connectivity index is 0.00000300. The maximum atomic E-state index is 12.8. The Morgan fingerprint density at radius 2 is 1.72 bits per heavy atom. The smallest absolute Gasteiger partial charge is 0.264 e. The van der Waals surface area contributed by atoms with Gasteiger partial charge in [0.1, 0.15) is 12.4 Å². The number of anilines is 2. The zero-order valence-electron chi connectivity index (χ0n) is 16.3. The summed E-state index contributed by atoms with van der Waals surface area (Å²) in [5.74, 6) is 0.627. The molecule has 0 saturated heterocycles. The largest absolute Gasteiger partial charge is 0.492 e. The number of benzene rings is 2. The summed E-state index contributed by atoms with van der Waals surface area (Å²) in [6.45, 7) is 2.97. The second kappa shape index (κ2) is 10.1. The molecule has 1 heterocycles. The van der Waals surface area contributed by atoms with Crippen molar-refractivity contribution in [1.82, 2.24) is 4.98 Å². The van der Waals surface area contributed by atoms with Crippen molar-refractivity contribution in [2.75, 3.05) is 29.8 Å². The lowest BCUT2D eigenvalue weighted by molar-refractivity contribution is 0.333. The van der Waals surface area contributed by atoms with Crippen LogP contribution < -0.4 is 14.4 Å². The molecule has 0 radical (unpaired) electrons. The van der Waals surface area contributed by atoms with E-state index in [0.717, 1.165) is 11.3 Å². The van der Waals surface area contributed by atoms with Gasteiger partial charge in [0, 0.05) is 37.7 Å². The summed E-state index contributed by atoms with van der Waals surface area (Å²) in [5.41, 5.74) is 2.45. The summed E-state index contributed by atoms with van der Waals surface area (Å²) in [6.07, 6.45) is 3.44. The SMILES string of the molecule is Cc1cc(OCCNc2ccncc2)cc(N(C)S(=O)(=O)c2ccccc2)c1.Cl. The molecule has 1 N–H and O–H groups in total. The number of hydrogen-bond donors (Lipinski definition) is 1. The number of halogens is 1. The van der Waals surface area contributed by atoms with E-state index in [0.29, 0.717) is 24.6 Å². The Morgan fingerprint density at radius 3 is 2.41 bits per heavy atom. The van der Waals surface area contributed by atoms with E-state index in [1.165, 1.54) is 4.31 Å². The summed E-state index contributed by atoms with van der Waals surface area (Å²) in [4.78, 5) is 4.23. The maximum Gasteiger partial charge on any atom is 0.264 e. The molecule has 0 fully saturated rings. The van der Waals surface area contributed by atoms with Gasteiger partial charge in [-0.15, -0.1) is 12.4 Å². The van der Waals surface area contributed by atoms with Crippen LogP contribution in [0.4, 0.5) is 11.4 Å². The number of hydrogen-bond acceptors (Lipinski definition) is 5. The Morgan fingerprint density at radius 1 is 1.03 bits per heavy atom. The van der Waals surface area contributed by atoms with Crippen molar-refractivity contribution in [1.29, 1.82) is 0 Å². The topological polar surface area (TPSA) is 71.5 Å². The van der Waals surface area contributed by atoms with Crippen LogP contribution in [0, 0.1) is 6.92 Å². The summed E-state index contributed by atoms with van der Waals surface area (Å²) in [6, 6.07) is 17.6. The third-order valence-corrected chi connectivity index (χ3v) is 5.98. The van der Waals surface area contributed by atoms with Crippen LogP contribution in [-0.2, 0) is 10.0 Å². The van der Waals surface area contributed by atoms with Crippen LogP contribution in [0.2, 0.25) is 0 Å². The number of aromatic nitrogens is 1. The first-order valence-corrected chi connectivity index (χ1v) is 10.3. The fourth-order valence-electron chi connectivity index (χ4n) is 2.72. The number of nitrogens with zero attached hydrogens (tertiary/aromatic N) is 2. The molecule has 3 rings (SSSR count). The van der Waals surface area contributed by atoms with E-state index >= 15 is 0 Å². The standard InChI is InChI=1S/C21H23N3O3S.ClH/c1-17-14-19(24(2)28(25,26)21-6-4-3-5-7-21)16-20(15-17)27-13-12-23-18-8-10-22-11-9-18;/h3-11,14-16H,12-13H2,1-2H3,(H,22,23);1H. The summed E-state index contributed by atoms with van der Waals surface area (Å²) in [7, 11) is -2.08. The molecule has 0 bridgehead atoms. The average molecular weight is 434 g/mol. The van der Waals surface area contributed by atoms with Gasteiger partial charge in [-0.25, -0.2) is 8.42 Å². The predicted molar refractivity (Wildman–Crippen MR) is 119 cm³/mol. The van der Waals surface area contributed by atoms with E-state index in [4.69, 9.17) is 4.74 Å². The second-order valence-corrected chi connectivity index (χ2v) is 8.27. The van der Waals surface area contributed by atoms with Crippen LogP contribution in [0.5, 0.6) is 5.75 Å². The second-order valence-electron chi connectivity index (χ2n) is 6.30. The van der Waals surface area contributed by atoms with E-state index in [1.54, 1.807) is 55.8 Å². The monoisotopic (exact) mass is 433 g/mol. The van der Waals surface area contributed by atoms with Crippen molar-refractivity contribution in [3.63, 3.8) is 0 Å². The fourth-order valence-corrected chi connectivity index (χ4v) is 3.92. The molecular formula is C21H24ClN3O3S. The molecule has 1 aromatic heterocycles. The molecule has 0 amide bonds. The van der Waals surface area contributed by atoms with Crippen LogP contribution in [0.3, 0.4) is 0 Å². The fraction of sp³-hybridized carbons (Fsp3) is 0.190. The molecule has 29 heavy (non-hydrogen) atoms. The molecule has 0 aliphatic rings. The van der Waals surface area contributed by atoms with E-state index in [9.17, 15) is 8.42 Å². The first-order valence-electron chi connectivity index (χ1n) is 8.89. The molecule has 0 saturated carbocycles. The number of pyridine rings is 1. The molecule has 0 aliphatic carbocycles. The van der Waals surface area contributed by atoms with E-state index in [2.05, 4.69) is 10.3 Å². The highest BCUT2D eigenvalue weighted by Crippen LogP contribution is 2.27. The predicted octanol–water partition coefficient (Wildman–Crippen LogP) is 4.13. The Labute approximate surface area is 178 Å². The maximum absolute atomic E-state index is 12.8. The van der Waals surface area contributed by atoms with Crippen LogP contribution >= 0.6 is 12.4 Å². The summed E-state index contributed by atoms with van der Waals surface area (Å²) in [5, 5.41) is 3.24. The number of sulfonamides is 1. The van der Waals surface area contributed by atoms with Gasteiger partial charge in [0.2, 0.25) is 0 Å². The molecule has 0 aliphatic heterocycles. The summed E-state index contributed by atoms with van der Waals surface area (Å²) >= 11 is 0. The zero-order chi connectivity index (χ0) is 20.0. The first kappa shape index (κ1) is 22.5. The zero-order valence-corrected chi connectivity index (χ0v) is 17.9. The molecule has 154 valence electrons. The molecule has 0 spiro atoms. The lowest BCUT2D eigenvalue weighted by atomic mass is 10.2. The van der Waals surface area contributed by atoms with Gasteiger partial charge >= 0.3 is 0 Å². The van der Waals surface area contributed by atoms with Crippen LogP contribution in [-0.4, -0.2) is 33.6 Å². The van der Waals surface area contributed by atoms with Crippen LogP contribution in [0.25, 0.3) is 0 Å². The Bertz CT molecular complexity index is 1020. The van der Waals surface area contributed by atoms with Gasteiger partial charge in [0.15, 0.2) is 0 Å². The van der Waals surface area contributed by atoms with Gasteiger partial charge in [-0.2, -0.15) is 0 Å². The molecule has 8 heteroatoms. The third kappa shape index (κ3) is 5.85. The van der Waals surface area contributed by atoms with Crippen molar-refractivity contribution in [3.8, 4) is 5.75 Å². The highest BCUT2D eigenvalue weighted by Gasteiger charge is 2.21. The van der Waals surface area contributed by atoms with Crippen molar-refractivity contribution in [2.24, 2.45) is 0 Å². The van der Waals surface area contributed by atoms with Crippen molar-refractivity contribution in [3.05, 3.63) is 78.6 Å². The molecular weight excluding hydrogens is 410 g/mol. The minimum Gasteiger partial charge on any atom is -0.492 e. The van der Waals surface area contributed by atoms with Crippen molar-refractivity contribution >= 4 is 33.8 Å². The highest BCUT2D eigenvalue weighted by molar-refractivity contribution is 7.92. The van der Waals surface area contributed by atoms with Gasteiger partial charge in [-0.05, 0) is 48.9 Å². The molecule has 3 aromatic rings. The number of rotatable bonds is 8. The summed E-state index contributed by atoms with van der Waals surface area (Å²) < 4.78 is 32.8. The number of ether oxygens (including phenoxy) is 1. The van der Waals surface area contributed by atoms with E-state index < -0.39 is 10.0 Å². The molecule has 0 atom stereocenters. The lowest BCUT2D eigenvalue weighted by Gasteiger charge is -2.21. The lowest BCUT2D eigenvalue weighted by Crippen LogP contribution is -2.26. The van der Waals surface area contributed by atoms with E-state index in [-0.39, 0.29) is 17.3 Å². The first-order chi connectivity index (χ1) is 13.5. The molecule has 6 nitrogen and oxygen atoms in total. The highest BCUT2D eigenvalue weighted by atomic mass is 35.5. The van der Waals surface area contributed by atoms with Gasteiger partial charge in [0.05, 0.1) is 10.6 Å². The van der Waals surface area contributed by atoms with Gasteiger partial charge in [-0.3, -0.25) is 9.29 Å². The molecule has 2 aromatic carbocycles. The van der Waals surface area contributed by atoms with Gasteiger partial charge in [-0.1, -0.05) is 18.2 Å². The van der Waals surface area contributed by atoms with Gasteiger partial charge in [0.25, 0.3) is 10.0 Å². The average Bonchev–Trinajstić information content (AvgIpc) is 2.71. The Hall–Kier alpha value is -2.77. The van der Waals surface area contributed by atoms with Crippen LogP contribution in [0.1, 0.15) is 5.56 Å². The quantitative estimate of drug-likeness (QED) is 0.541. The normalized spacial score (nSPS) is 10.7. The van der Waals surface area contributed by atoms with Gasteiger partial charge < -0.3 is 10.1 Å². The van der Waals surface area contributed by atoms with Crippen molar-refractivity contribution < 1.29 is 13.2 Å².